The highest BCUT2D eigenvalue weighted by Gasteiger charge is 2.56. The van der Waals surface area contributed by atoms with Crippen molar-refractivity contribution in [3.8, 4) is 0 Å². The highest BCUT2D eigenvalue weighted by molar-refractivity contribution is 4.98. The van der Waals surface area contributed by atoms with E-state index in [0.717, 1.165) is 0 Å². The normalized spacial score (nSPS) is 43.3. The van der Waals surface area contributed by atoms with Crippen LogP contribution in [0.15, 0.2) is 0 Å². The average Bonchev–Trinajstić information content (AvgIpc) is 2.63. The minimum Gasteiger partial charge on any atom is -0.394 e. The third-order valence-corrected chi connectivity index (χ3v) is 5.41. The van der Waals surface area contributed by atoms with Crippen LogP contribution >= 0.6 is 0 Å². The van der Waals surface area contributed by atoms with E-state index >= 15 is 0 Å². The fraction of sp³-hybridized carbons (Fsp3) is 1.00. The molecule has 11 heteroatoms. The summed E-state index contributed by atoms with van der Waals surface area (Å²) in [5.41, 5.74) is -0.0586. The van der Waals surface area contributed by atoms with E-state index in [4.69, 9.17) is 14.2 Å². The zero-order valence-electron chi connectivity index (χ0n) is 16.8. The van der Waals surface area contributed by atoms with Crippen LogP contribution in [0.3, 0.4) is 0 Å². The Morgan fingerprint density at radius 3 is 1.97 bits per heavy atom. The Morgan fingerprint density at radius 2 is 1.45 bits per heavy atom. The maximum Gasteiger partial charge on any atom is 0.221 e. The van der Waals surface area contributed by atoms with Crippen molar-refractivity contribution in [1.82, 2.24) is 0 Å². The van der Waals surface area contributed by atoms with Gasteiger partial charge in [0.15, 0.2) is 6.29 Å². The SMILES string of the molecule is CC(C)(C)CC[C@@H]1OC(CO)[C@H](O)[C@H](O[C@@H]2OC(CO)C(O)(O)[C@H](O)C2O)C1O. The summed E-state index contributed by atoms with van der Waals surface area (Å²) in [5, 5.41) is 79.7. The van der Waals surface area contributed by atoms with Crippen molar-refractivity contribution in [1.29, 1.82) is 0 Å². The molecule has 0 radical (unpaired) electrons. The summed E-state index contributed by atoms with van der Waals surface area (Å²) in [6, 6.07) is 0. The molecular formula is C18H34O11. The van der Waals surface area contributed by atoms with Gasteiger partial charge in [-0.2, -0.15) is 0 Å². The van der Waals surface area contributed by atoms with Crippen LogP contribution in [-0.4, -0.2) is 115 Å². The zero-order valence-corrected chi connectivity index (χ0v) is 16.8. The second-order valence-electron chi connectivity index (χ2n) is 8.97. The highest BCUT2D eigenvalue weighted by Crippen LogP contribution is 2.34. The average molecular weight is 426 g/mol. The standard InChI is InChI=1S/C18H34O11/c1-17(2,3)5-4-8-11(21)14(12(22)9(6-19)27-8)29-16-13(23)15(24)18(25,26)10(7-20)28-16/h8-16,19-26H,4-7H2,1-3H3/t8-,9?,10?,11?,12-,13?,14+,15+,16-/m0/s1. The summed E-state index contributed by atoms with van der Waals surface area (Å²) in [6.07, 6.45) is -12.5. The van der Waals surface area contributed by atoms with Gasteiger partial charge in [-0.05, 0) is 18.3 Å². The molecular weight excluding hydrogens is 392 g/mol. The number of rotatable bonds is 6. The van der Waals surface area contributed by atoms with E-state index in [1.165, 1.54) is 0 Å². The van der Waals surface area contributed by atoms with Crippen molar-refractivity contribution in [3.63, 3.8) is 0 Å². The number of aliphatic hydroxyl groups excluding tert-OH is 6. The van der Waals surface area contributed by atoms with E-state index in [1.54, 1.807) is 0 Å². The molecule has 172 valence electrons. The van der Waals surface area contributed by atoms with Crippen molar-refractivity contribution in [2.75, 3.05) is 13.2 Å². The van der Waals surface area contributed by atoms with Crippen molar-refractivity contribution in [2.45, 2.75) is 94.5 Å². The van der Waals surface area contributed by atoms with Crippen LogP contribution in [0, 0.1) is 5.41 Å². The molecule has 2 rings (SSSR count). The topological polar surface area (TPSA) is 190 Å². The lowest BCUT2D eigenvalue weighted by molar-refractivity contribution is -0.400. The summed E-state index contributed by atoms with van der Waals surface area (Å²) in [4.78, 5) is 0. The molecule has 0 amide bonds. The smallest absolute Gasteiger partial charge is 0.221 e. The Hall–Kier alpha value is -0.440. The highest BCUT2D eigenvalue weighted by atomic mass is 16.7. The van der Waals surface area contributed by atoms with E-state index in [1.807, 2.05) is 20.8 Å². The van der Waals surface area contributed by atoms with Crippen LogP contribution < -0.4 is 0 Å². The first-order valence-electron chi connectivity index (χ1n) is 9.68. The summed E-state index contributed by atoms with van der Waals surface area (Å²) < 4.78 is 16.2. The number of hydrogen-bond acceptors (Lipinski definition) is 11. The Labute approximate surface area is 169 Å². The van der Waals surface area contributed by atoms with Crippen molar-refractivity contribution in [3.05, 3.63) is 0 Å². The zero-order chi connectivity index (χ0) is 22.1. The molecule has 8 N–H and O–H groups in total. The van der Waals surface area contributed by atoms with Crippen molar-refractivity contribution >= 4 is 0 Å². The molecule has 0 aliphatic carbocycles. The summed E-state index contributed by atoms with van der Waals surface area (Å²) in [6.45, 7) is 4.57. The minimum atomic E-state index is -2.93. The third kappa shape index (κ3) is 5.43. The van der Waals surface area contributed by atoms with Gasteiger partial charge in [0.2, 0.25) is 5.79 Å². The minimum absolute atomic E-state index is 0.0586. The predicted octanol–water partition coefficient (Wildman–Crippen LogP) is -3.20. The lowest BCUT2D eigenvalue weighted by Gasteiger charge is -2.48. The first-order valence-corrected chi connectivity index (χ1v) is 9.68. The van der Waals surface area contributed by atoms with Gasteiger partial charge >= 0.3 is 0 Å². The molecule has 11 nitrogen and oxygen atoms in total. The maximum atomic E-state index is 10.7. The van der Waals surface area contributed by atoms with Gasteiger partial charge in [-0.25, -0.2) is 0 Å². The quantitative estimate of drug-likeness (QED) is 0.200. The molecule has 2 saturated heterocycles. The van der Waals surface area contributed by atoms with Gasteiger partial charge in [-0.3, -0.25) is 0 Å². The van der Waals surface area contributed by atoms with Crippen molar-refractivity contribution < 1.29 is 55.1 Å². The molecule has 9 atom stereocenters. The van der Waals surface area contributed by atoms with Crippen LogP contribution in [-0.2, 0) is 14.2 Å². The van der Waals surface area contributed by atoms with E-state index in [0.29, 0.717) is 12.8 Å². The molecule has 0 aromatic rings. The molecule has 2 aliphatic heterocycles. The van der Waals surface area contributed by atoms with Gasteiger partial charge < -0.3 is 55.1 Å². The van der Waals surface area contributed by atoms with Gasteiger partial charge in [0.25, 0.3) is 0 Å². The van der Waals surface area contributed by atoms with Crippen LogP contribution in [0.25, 0.3) is 0 Å². The number of ether oxygens (including phenoxy) is 3. The fourth-order valence-electron chi connectivity index (χ4n) is 3.51. The second kappa shape index (κ2) is 9.37. The molecule has 2 aliphatic rings. The lowest BCUT2D eigenvalue weighted by atomic mass is 9.85. The number of aliphatic hydroxyl groups is 8. The molecule has 2 heterocycles. The van der Waals surface area contributed by atoms with E-state index < -0.39 is 74.1 Å². The van der Waals surface area contributed by atoms with Gasteiger partial charge in [0.1, 0.15) is 42.7 Å². The number of hydrogen-bond donors (Lipinski definition) is 8. The van der Waals surface area contributed by atoms with Gasteiger partial charge in [0.05, 0.1) is 19.3 Å². The van der Waals surface area contributed by atoms with Gasteiger partial charge in [-0.15, -0.1) is 0 Å². The summed E-state index contributed by atoms with van der Waals surface area (Å²) in [5.74, 6) is -2.93. The van der Waals surface area contributed by atoms with E-state index in [9.17, 15) is 40.9 Å². The molecule has 4 unspecified atom stereocenters. The molecule has 2 fully saturated rings. The first kappa shape index (κ1) is 24.8. The second-order valence-corrected chi connectivity index (χ2v) is 8.97. The van der Waals surface area contributed by atoms with Crippen LogP contribution in [0.4, 0.5) is 0 Å². The summed E-state index contributed by atoms with van der Waals surface area (Å²) >= 11 is 0. The monoisotopic (exact) mass is 426 g/mol. The Bertz CT molecular complexity index is 518. The fourth-order valence-corrected chi connectivity index (χ4v) is 3.51. The first-order chi connectivity index (χ1) is 13.3. The Morgan fingerprint density at radius 1 is 0.862 bits per heavy atom. The molecule has 0 saturated carbocycles. The van der Waals surface area contributed by atoms with Crippen molar-refractivity contribution in [2.24, 2.45) is 5.41 Å². The van der Waals surface area contributed by atoms with Crippen LogP contribution in [0.5, 0.6) is 0 Å². The van der Waals surface area contributed by atoms with Crippen LogP contribution in [0.2, 0.25) is 0 Å². The maximum absolute atomic E-state index is 10.7. The molecule has 0 bridgehead atoms. The lowest BCUT2D eigenvalue weighted by Crippen LogP contribution is -2.69. The molecule has 0 aromatic carbocycles. The van der Waals surface area contributed by atoms with Gasteiger partial charge in [-0.1, -0.05) is 20.8 Å². The van der Waals surface area contributed by atoms with E-state index in [2.05, 4.69) is 0 Å². The third-order valence-electron chi connectivity index (χ3n) is 5.41. The van der Waals surface area contributed by atoms with Crippen LogP contribution in [0.1, 0.15) is 33.6 Å². The predicted molar refractivity (Wildman–Crippen MR) is 96.3 cm³/mol. The molecule has 0 spiro atoms. The largest absolute Gasteiger partial charge is 0.394 e. The van der Waals surface area contributed by atoms with E-state index in [-0.39, 0.29) is 5.41 Å². The Balaban J connectivity index is 2.17. The molecule has 0 aromatic heterocycles. The van der Waals surface area contributed by atoms with Gasteiger partial charge in [0, 0.05) is 0 Å². The summed E-state index contributed by atoms with van der Waals surface area (Å²) in [7, 11) is 0. The Kier molecular flexibility index (Phi) is 8.02. The molecule has 29 heavy (non-hydrogen) atoms.